The third-order valence-corrected chi connectivity index (χ3v) is 4.84. The number of rotatable bonds is 7. The monoisotopic (exact) mass is 439 g/mol. The van der Waals surface area contributed by atoms with E-state index in [0.29, 0.717) is 34.8 Å². The van der Waals surface area contributed by atoms with E-state index in [2.05, 4.69) is 15.5 Å². The number of carbonyl (C=O) groups excluding carboxylic acids is 2. The molecule has 0 bridgehead atoms. The molecular formula is C26H21N3O4. The van der Waals surface area contributed by atoms with E-state index in [1.54, 1.807) is 42.5 Å². The first kappa shape index (κ1) is 21.7. The number of benzene rings is 3. The van der Waals surface area contributed by atoms with Gasteiger partial charge in [-0.1, -0.05) is 30.3 Å². The van der Waals surface area contributed by atoms with Crippen molar-refractivity contribution in [2.75, 3.05) is 6.61 Å². The van der Waals surface area contributed by atoms with Crippen molar-refractivity contribution in [1.29, 1.82) is 0 Å². The maximum atomic E-state index is 12.8. The molecule has 3 aromatic carbocycles. The summed E-state index contributed by atoms with van der Waals surface area (Å²) in [6.07, 6.45) is 4.53. The number of hydrogen-bond donors (Lipinski definition) is 1. The molecule has 0 radical (unpaired) electrons. The standard InChI is InChI=1S/C26H21N3O4/c1-2-32-21-10-7-20(8-11-21)26(31)33-24-12-9-18-5-3-4-6-22(18)23(24)17-28-29-25(30)19-13-15-27-16-14-19/h3-17H,2H2,1H3,(H,29,30)/b28-17-. The molecule has 1 N–H and O–H groups in total. The van der Waals surface area contributed by atoms with Crippen molar-refractivity contribution in [3.63, 3.8) is 0 Å². The lowest BCUT2D eigenvalue weighted by Gasteiger charge is -2.11. The lowest BCUT2D eigenvalue weighted by atomic mass is 10.0. The summed E-state index contributed by atoms with van der Waals surface area (Å²) in [5.74, 6) is 0.123. The zero-order valence-electron chi connectivity index (χ0n) is 17.9. The Kier molecular flexibility index (Phi) is 6.70. The second kappa shape index (κ2) is 10.2. The fraction of sp³-hybridized carbons (Fsp3) is 0.0769. The molecule has 0 saturated heterocycles. The molecule has 33 heavy (non-hydrogen) atoms. The highest BCUT2D eigenvalue weighted by molar-refractivity contribution is 6.04. The number of nitrogens with zero attached hydrogens (tertiary/aromatic N) is 2. The van der Waals surface area contributed by atoms with Crippen LogP contribution in [0.3, 0.4) is 0 Å². The number of hydrazone groups is 1. The van der Waals surface area contributed by atoms with Crippen LogP contribution in [0.5, 0.6) is 11.5 Å². The van der Waals surface area contributed by atoms with Crippen molar-refractivity contribution in [3.8, 4) is 11.5 Å². The molecule has 0 saturated carbocycles. The first-order valence-electron chi connectivity index (χ1n) is 10.4. The minimum absolute atomic E-state index is 0.328. The Morgan fingerprint density at radius 1 is 0.939 bits per heavy atom. The topological polar surface area (TPSA) is 89.9 Å². The van der Waals surface area contributed by atoms with E-state index in [9.17, 15) is 9.59 Å². The van der Waals surface area contributed by atoms with E-state index >= 15 is 0 Å². The van der Waals surface area contributed by atoms with E-state index in [0.717, 1.165) is 10.8 Å². The summed E-state index contributed by atoms with van der Waals surface area (Å²) < 4.78 is 11.1. The Hall–Kier alpha value is -4.52. The third kappa shape index (κ3) is 5.22. The highest BCUT2D eigenvalue weighted by Gasteiger charge is 2.14. The van der Waals surface area contributed by atoms with Crippen LogP contribution in [0.4, 0.5) is 0 Å². The van der Waals surface area contributed by atoms with Crippen LogP contribution in [0.15, 0.2) is 90.3 Å². The van der Waals surface area contributed by atoms with Gasteiger partial charge in [0.15, 0.2) is 0 Å². The Morgan fingerprint density at radius 2 is 1.70 bits per heavy atom. The fourth-order valence-electron chi connectivity index (χ4n) is 3.23. The second-order valence-corrected chi connectivity index (χ2v) is 6.98. The minimum atomic E-state index is -0.510. The minimum Gasteiger partial charge on any atom is -0.494 e. The molecule has 0 aliphatic carbocycles. The van der Waals surface area contributed by atoms with Crippen molar-refractivity contribution in [2.45, 2.75) is 6.92 Å². The number of amides is 1. The summed E-state index contributed by atoms with van der Waals surface area (Å²) >= 11 is 0. The van der Waals surface area contributed by atoms with Gasteiger partial charge in [0.2, 0.25) is 0 Å². The zero-order valence-corrected chi connectivity index (χ0v) is 17.9. The lowest BCUT2D eigenvalue weighted by molar-refractivity contribution is 0.0734. The molecule has 0 aliphatic rings. The molecule has 1 amide bonds. The van der Waals surface area contributed by atoms with E-state index < -0.39 is 5.97 Å². The summed E-state index contributed by atoms with van der Waals surface area (Å²) in [5, 5.41) is 5.86. The van der Waals surface area contributed by atoms with Gasteiger partial charge in [-0.2, -0.15) is 5.10 Å². The SMILES string of the molecule is CCOc1ccc(C(=O)Oc2ccc3ccccc3c2/C=N\NC(=O)c2ccncc2)cc1. The van der Waals surface area contributed by atoms with Crippen LogP contribution in [0, 0.1) is 0 Å². The van der Waals surface area contributed by atoms with Gasteiger partial charge < -0.3 is 9.47 Å². The van der Waals surface area contributed by atoms with Gasteiger partial charge in [0.25, 0.3) is 5.91 Å². The second-order valence-electron chi connectivity index (χ2n) is 6.98. The smallest absolute Gasteiger partial charge is 0.343 e. The summed E-state index contributed by atoms with van der Waals surface area (Å²) in [6.45, 7) is 2.44. The van der Waals surface area contributed by atoms with Crippen molar-refractivity contribution in [1.82, 2.24) is 10.4 Å². The average molecular weight is 439 g/mol. The number of esters is 1. The molecule has 7 heteroatoms. The molecule has 0 spiro atoms. The number of nitrogens with one attached hydrogen (secondary N) is 1. The highest BCUT2D eigenvalue weighted by Crippen LogP contribution is 2.27. The number of ether oxygens (including phenoxy) is 2. The van der Waals surface area contributed by atoms with Gasteiger partial charge in [-0.05, 0) is 60.2 Å². The number of fused-ring (bicyclic) bond motifs is 1. The summed E-state index contributed by atoms with van der Waals surface area (Å²) in [7, 11) is 0. The van der Waals surface area contributed by atoms with Gasteiger partial charge in [0.05, 0.1) is 18.4 Å². The average Bonchev–Trinajstić information content (AvgIpc) is 2.86. The first-order valence-corrected chi connectivity index (χ1v) is 10.4. The molecule has 1 heterocycles. The van der Waals surface area contributed by atoms with Crippen LogP contribution in [0.1, 0.15) is 33.2 Å². The van der Waals surface area contributed by atoms with E-state index in [1.165, 1.54) is 18.6 Å². The van der Waals surface area contributed by atoms with Gasteiger partial charge in [-0.25, -0.2) is 10.2 Å². The van der Waals surface area contributed by atoms with Crippen LogP contribution in [-0.4, -0.2) is 29.7 Å². The molecule has 0 atom stereocenters. The normalized spacial score (nSPS) is 10.8. The van der Waals surface area contributed by atoms with Gasteiger partial charge in [0.1, 0.15) is 11.5 Å². The van der Waals surface area contributed by atoms with Crippen LogP contribution in [0.25, 0.3) is 10.8 Å². The van der Waals surface area contributed by atoms with Crippen LogP contribution in [0.2, 0.25) is 0 Å². The number of pyridine rings is 1. The van der Waals surface area contributed by atoms with Gasteiger partial charge in [-0.3, -0.25) is 9.78 Å². The fourth-order valence-corrected chi connectivity index (χ4v) is 3.23. The van der Waals surface area contributed by atoms with E-state index in [4.69, 9.17) is 9.47 Å². The molecule has 0 unspecified atom stereocenters. The number of aromatic nitrogens is 1. The van der Waals surface area contributed by atoms with Gasteiger partial charge in [0, 0.05) is 23.5 Å². The van der Waals surface area contributed by atoms with Crippen molar-refractivity contribution >= 4 is 28.9 Å². The van der Waals surface area contributed by atoms with Crippen LogP contribution >= 0.6 is 0 Å². The molecule has 164 valence electrons. The summed E-state index contributed by atoms with van der Waals surface area (Å²) in [4.78, 5) is 28.9. The van der Waals surface area contributed by atoms with Crippen molar-refractivity contribution < 1.29 is 19.1 Å². The quantitative estimate of drug-likeness (QED) is 0.196. The molecule has 0 aliphatic heterocycles. The molecule has 0 fully saturated rings. The number of hydrogen-bond acceptors (Lipinski definition) is 6. The van der Waals surface area contributed by atoms with E-state index in [1.807, 2.05) is 37.3 Å². The number of carbonyl (C=O) groups is 2. The molecule has 1 aromatic heterocycles. The van der Waals surface area contributed by atoms with Crippen LogP contribution < -0.4 is 14.9 Å². The maximum absolute atomic E-state index is 12.8. The van der Waals surface area contributed by atoms with Crippen LogP contribution in [-0.2, 0) is 0 Å². The maximum Gasteiger partial charge on any atom is 0.343 e. The summed E-state index contributed by atoms with van der Waals surface area (Å²) in [6, 6.07) is 21.1. The molecule has 4 rings (SSSR count). The van der Waals surface area contributed by atoms with Crippen molar-refractivity contribution in [2.24, 2.45) is 5.10 Å². The predicted octanol–water partition coefficient (Wildman–Crippen LogP) is 4.62. The highest BCUT2D eigenvalue weighted by atomic mass is 16.5. The Bertz CT molecular complexity index is 1300. The Balaban J connectivity index is 1.59. The molecular weight excluding hydrogens is 418 g/mol. The molecule has 7 nitrogen and oxygen atoms in total. The largest absolute Gasteiger partial charge is 0.494 e. The van der Waals surface area contributed by atoms with Gasteiger partial charge >= 0.3 is 5.97 Å². The Labute approximate surface area is 190 Å². The Morgan fingerprint density at radius 3 is 2.45 bits per heavy atom. The predicted molar refractivity (Wildman–Crippen MR) is 126 cm³/mol. The molecule has 4 aromatic rings. The lowest BCUT2D eigenvalue weighted by Crippen LogP contribution is -2.17. The first-order chi connectivity index (χ1) is 16.2. The van der Waals surface area contributed by atoms with Crippen molar-refractivity contribution in [3.05, 3.63) is 102 Å². The van der Waals surface area contributed by atoms with Gasteiger partial charge in [-0.15, -0.1) is 0 Å². The third-order valence-electron chi connectivity index (χ3n) is 4.84. The van der Waals surface area contributed by atoms with E-state index in [-0.39, 0.29) is 5.91 Å². The summed E-state index contributed by atoms with van der Waals surface area (Å²) in [5.41, 5.74) is 3.88. The zero-order chi connectivity index (χ0) is 23.0.